The van der Waals surface area contributed by atoms with Crippen molar-refractivity contribution in [2.24, 2.45) is 0 Å². The van der Waals surface area contributed by atoms with Gasteiger partial charge in [0.05, 0.1) is 11.1 Å². The summed E-state index contributed by atoms with van der Waals surface area (Å²) in [5.74, 6) is 0. The molecule has 12 rings (SSSR count). The summed E-state index contributed by atoms with van der Waals surface area (Å²) < 4.78 is 13.2. The maximum atomic E-state index is 6.68. The molecule has 10 aromatic carbocycles. The van der Waals surface area contributed by atoms with Gasteiger partial charge in [-0.15, -0.1) is 0 Å². The lowest BCUT2D eigenvalue weighted by atomic mass is 9.97. The predicted octanol–water partition coefficient (Wildman–Crippen LogP) is 15.7. The van der Waals surface area contributed by atoms with Crippen molar-refractivity contribution in [3.8, 4) is 22.3 Å². The molecule has 0 saturated heterocycles. The Balaban J connectivity index is 1.02. The second kappa shape index (κ2) is 12.5. The lowest BCUT2D eigenvalue weighted by Crippen LogP contribution is -2.10. The monoisotopic (exact) mass is 727 g/mol. The van der Waals surface area contributed by atoms with E-state index in [1.165, 1.54) is 27.3 Å². The van der Waals surface area contributed by atoms with E-state index in [2.05, 4.69) is 205 Å². The van der Waals surface area contributed by atoms with Crippen LogP contribution in [0.4, 0.5) is 17.1 Å². The number of rotatable bonds is 5. The van der Waals surface area contributed by atoms with Crippen LogP contribution in [0.15, 0.2) is 209 Å². The molecule has 0 aliphatic rings. The molecule has 0 radical (unpaired) electrons. The Bertz CT molecular complexity index is 3520. The van der Waals surface area contributed by atoms with Crippen LogP contribution >= 0.6 is 0 Å². The topological polar surface area (TPSA) is 29.5 Å². The van der Waals surface area contributed by atoms with Crippen LogP contribution < -0.4 is 4.90 Å². The zero-order chi connectivity index (χ0) is 37.5. The van der Waals surface area contributed by atoms with E-state index in [9.17, 15) is 0 Å². The van der Waals surface area contributed by atoms with Crippen LogP contribution in [0.5, 0.6) is 0 Å². The van der Waals surface area contributed by atoms with Gasteiger partial charge in [0, 0.05) is 38.3 Å². The first kappa shape index (κ1) is 31.7. The van der Waals surface area contributed by atoms with Crippen molar-refractivity contribution >= 4 is 93.3 Å². The van der Waals surface area contributed by atoms with E-state index in [1.54, 1.807) is 0 Å². The van der Waals surface area contributed by atoms with E-state index in [-0.39, 0.29) is 0 Å². The van der Waals surface area contributed by atoms with Gasteiger partial charge in [-0.1, -0.05) is 140 Å². The maximum absolute atomic E-state index is 6.68. The van der Waals surface area contributed by atoms with E-state index in [1.807, 2.05) is 0 Å². The summed E-state index contributed by atoms with van der Waals surface area (Å²) >= 11 is 0. The highest BCUT2D eigenvalue weighted by molar-refractivity contribution is 6.20. The molecule has 266 valence electrons. The van der Waals surface area contributed by atoms with Crippen LogP contribution in [-0.4, -0.2) is 0 Å². The summed E-state index contributed by atoms with van der Waals surface area (Å²) in [5, 5.41) is 11.5. The van der Waals surface area contributed by atoms with E-state index in [0.29, 0.717) is 0 Å². The van der Waals surface area contributed by atoms with Crippen LogP contribution in [-0.2, 0) is 0 Å². The molecule has 0 aliphatic carbocycles. The number of anilines is 3. The second-order valence-corrected chi connectivity index (χ2v) is 14.9. The fraction of sp³-hybridized carbons (Fsp3) is 0. The molecule has 0 spiro atoms. The van der Waals surface area contributed by atoms with E-state index < -0.39 is 0 Å². The van der Waals surface area contributed by atoms with Crippen molar-refractivity contribution in [3.63, 3.8) is 0 Å². The molecular formula is C54H33NO2. The summed E-state index contributed by atoms with van der Waals surface area (Å²) in [4.78, 5) is 2.36. The van der Waals surface area contributed by atoms with Crippen molar-refractivity contribution in [1.82, 2.24) is 0 Å². The zero-order valence-electron chi connectivity index (χ0n) is 30.8. The van der Waals surface area contributed by atoms with Crippen molar-refractivity contribution in [1.29, 1.82) is 0 Å². The summed E-state index contributed by atoms with van der Waals surface area (Å²) in [6.45, 7) is 0. The fourth-order valence-corrected chi connectivity index (χ4v) is 8.90. The molecule has 0 saturated carbocycles. The van der Waals surface area contributed by atoms with Gasteiger partial charge in [-0.2, -0.15) is 0 Å². The third kappa shape index (κ3) is 4.99. The molecule has 0 aliphatic heterocycles. The van der Waals surface area contributed by atoms with Crippen LogP contribution in [0.2, 0.25) is 0 Å². The highest BCUT2D eigenvalue weighted by atomic mass is 16.3. The third-order valence-corrected chi connectivity index (χ3v) is 11.6. The first-order chi connectivity index (χ1) is 28.2. The first-order valence-electron chi connectivity index (χ1n) is 19.4. The van der Waals surface area contributed by atoms with Gasteiger partial charge in [0.15, 0.2) is 0 Å². The lowest BCUT2D eigenvalue weighted by Gasteiger charge is -2.26. The van der Waals surface area contributed by atoms with Gasteiger partial charge in [-0.3, -0.25) is 0 Å². The smallest absolute Gasteiger partial charge is 0.143 e. The number of nitrogens with zero attached hydrogens (tertiary/aromatic N) is 1. The molecule has 0 fully saturated rings. The largest absolute Gasteiger partial charge is 0.455 e. The molecule has 0 N–H and O–H groups in total. The molecule has 0 atom stereocenters. The normalized spacial score (nSPS) is 11.9. The van der Waals surface area contributed by atoms with Gasteiger partial charge in [-0.25, -0.2) is 0 Å². The summed E-state index contributed by atoms with van der Waals surface area (Å²) in [6.07, 6.45) is 0. The van der Waals surface area contributed by atoms with Crippen LogP contribution in [0.1, 0.15) is 0 Å². The minimum absolute atomic E-state index is 0.860. The second-order valence-electron chi connectivity index (χ2n) is 14.9. The Labute approximate surface area is 328 Å². The number of furan rings is 2. The molecule has 57 heavy (non-hydrogen) atoms. The summed E-state index contributed by atoms with van der Waals surface area (Å²) in [7, 11) is 0. The molecule has 12 aromatic rings. The Morgan fingerprint density at radius 1 is 0.316 bits per heavy atom. The Hall–Kier alpha value is -7.62. The van der Waals surface area contributed by atoms with Gasteiger partial charge in [0.25, 0.3) is 0 Å². The Kier molecular flexibility index (Phi) is 6.93. The van der Waals surface area contributed by atoms with Crippen LogP contribution in [0.3, 0.4) is 0 Å². The molecule has 0 unspecified atom stereocenters. The van der Waals surface area contributed by atoms with Gasteiger partial charge in [-0.05, 0) is 104 Å². The fourth-order valence-electron chi connectivity index (χ4n) is 8.90. The number of hydrogen-bond donors (Lipinski definition) is 0. The quantitative estimate of drug-likeness (QED) is 0.177. The highest BCUT2D eigenvalue weighted by Crippen LogP contribution is 2.46. The van der Waals surface area contributed by atoms with E-state index in [4.69, 9.17) is 8.83 Å². The standard InChI is InChI=1S/C54H33NO2/c1-2-12-39-33-40(20-19-34(39)9-1)35-21-27-41(28-22-35)55(48-16-8-18-50-52(48)47-32-26-37-11-4-6-14-45(37)54(47)57-50)42-29-23-38(24-30-42)43-15-7-17-49-51(43)46-31-25-36-10-3-5-13-44(36)53(46)56-49/h1-33H. The van der Waals surface area contributed by atoms with Crippen molar-refractivity contribution < 1.29 is 8.83 Å². The van der Waals surface area contributed by atoms with E-state index >= 15 is 0 Å². The van der Waals surface area contributed by atoms with Crippen molar-refractivity contribution in [3.05, 3.63) is 200 Å². The summed E-state index contributed by atoms with van der Waals surface area (Å²) in [6, 6.07) is 71.5. The highest BCUT2D eigenvalue weighted by Gasteiger charge is 2.21. The number of hydrogen-bond acceptors (Lipinski definition) is 3. The Morgan fingerprint density at radius 3 is 1.49 bits per heavy atom. The molecule has 3 heteroatoms. The van der Waals surface area contributed by atoms with Gasteiger partial charge in [0.2, 0.25) is 0 Å². The predicted molar refractivity (Wildman–Crippen MR) is 239 cm³/mol. The Morgan fingerprint density at radius 2 is 0.825 bits per heavy atom. The molecule has 3 nitrogen and oxygen atoms in total. The van der Waals surface area contributed by atoms with Crippen molar-refractivity contribution in [2.75, 3.05) is 4.90 Å². The van der Waals surface area contributed by atoms with Gasteiger partial charge < -0.3 is 13.7 Å². The first-order valence-corrected chi connectivity index (χ1v) is 19.4. The van der Waals surface area contributed by atoms with E-state index in [0.717, 1.165) is 88.2 Å². The minimum Gasteiger partial charge on any atom is -0.455 e. The average molecular weight is 728 g/mol. The number of benzene rings is 10. The molecule has 0 bridgehead atoms. The van der Waals surface area contributed by atoms with Gasteiger partial charge in [0.1, 0.15) is 22.3 Å². The van der Waals surface area contributed by atoms with Crippen molar-refractivity contribution in [2.45, 2.75) is 0 Å². The molecular weight excluding hydrogens is 695 g/mol. The molecule has 2 heterocycles. The van der Waals surface area contributed by atoms with Gasteiger partial charge >= 0.3 is 0 Å². The zero-order valence-corrected chi connectivity index (χ0v) is 30.8. The molecule has 0 amide bonds. The lowest BCUT2D eigenvalue weighted by molar-refractivity contribution is 0.672. The maximum Gasteiger partial charge on any atom is 0.143 e. The SMILES string of the molecule is c1ccc2cc(-c3ccc(N(c4ccc(-c5cccc6oc7c8ccccc8ccc7c56)cc4)c4cccc5oc6c7ccccc7ccc6c45)cc3)ccc2c1. The third-order valence-electron chi connectivity index (χ3n) is 11.6. The number of fused-ring (bicyclic) bond motifs is 11. The van der Waals surface area contributed by atoms with Crippen LogP contribution in [0.25, 0.3) is 98.4 Å². The summed E-state index contributed by atoms with van der Waals surface area (Å²) in [5.41, 5.74) is 11.4. The average Bonchev–Trinajstić information content (AvgIpc) is 3.87. The minimum atomic E-state index is 0.860. The molecule has 2 aromatic heterocycles. The van der Waals surface area contributed by atoms with Crippen LogP contribution in [0, 0.1) is 0 Å².